The summed E-state index contributed by atoms with van der Waals surface area (Å²) in [6.45, 7) is 0.196. The summed E-state index contributed by atoms with van der Waals surface area (Å²) in [6, 6.07) is 16.7. The van der Waals surface area contributed by atoms with Gasteiger partial charge in [-0.2, -0.15) is 0 Å². The molecule has 2 heterocycles. The quantitative estimate of drug-likeness (QED) is 0.740. The molecule has 1 aromatic carbocycles. The highest BCUT2D eigenvalue weighted by Crippen LogP contribution is 2.16. The van der Waals surface area contributed by atoms with Gasteiger partial charge in [0.2, 0.25) is 10.0 Å². The molecule has 0 aliphatic heterocycles. The molecule has 126 valence electrons. The Bertz CT molecular complexity index is 956. The van der Waals surface area contributed by atoms with Gasteiger partial charge in [0.15, 0.2) is 0 Å². The molecule has 0 spiro atoms. The van der Waals surface area contributed by atoms with Crippen LogP contribution in [0.4, 0.5) is 0 Å². The van der Waals surface area contributed by atoms with Crippen LogP contribution in [0.2, 0.25) is 0 Å². The maximum atomic E-state index is 12.1. The SMILES string of the molecule is O=S(=O)(C=Cc1ccccc1)NCc1ccnc(-c2ccncc2)c1. The monoisotopic (exact) mass is 351 g/mol. The van der Waals surface area contributed by atoms with E-state index in [1.54, 1.807) is 30.7 Å². The Morgan fingerprint density at radius 3 is 2.48 bits per heavy atom. The molecule has 6 heteroatoms. The highest BCUT2D eigenvalue weighted by Gasteiger charge is 2.06. The average Bonchev–Trinajstić information content (AvgIpc) is 2.67. The first kappa shape index (κ1) is 17.0. The lowest BCUT2D eigenvalue weighted by Gasteiger charge is -2.06. The van der Waals surface area contributed by atoms with Gasteiger partial charge < -0.3 is 0 Å². The van der Waals surface area contributed by atoms with Gasteiger partial charge in [0.1, 0.15) is 0 Å². The van der Waals surface area contributed by atoms with Crippen molar-refractivity contribution in [1.29, 1.82) is 0 Å². The van der Waals surface area contributed by atoms with Crippen LogP contribution in [0.15, 0.2) is 78.6 Å². The molecule has 0 aliphatic carbocycles. The zero-order chi connectivity index (χ0) is 17.5. The second kappa shape index (κ2) is 7.83. The Balaban J connectivity index is 1.68. The molecule has 0 amide bonds. The number of aromatic nitrogens is 2. The number of nitrogens with one attached hydrogen (secondary N) is 1. The Hall–Kier alpha value is -2.83. The summed E-state index contributed by atoms with van der Waals surface area (Å²) in [5.74, 6) is 0. The van der Waals surface area contributed by atoms with Crippen molar-refractivity contribution in [2.24, 2.45) is 0 Å². The van der Waals surface area contributed by atoms with Gasteiger partial charge in [-0.15, -0.1) is 0 Å². The van der Waals surface area contributed by atoms with Gasteiger partial charge >= 0.3 is 0 Å². The summed E-state index contributed by atoms with van der Waals surface area (Å²) < 4.78 is 26.8. The molecule has 0 atom stereocenters. The van der Waals surface area contributed by atoms with E-state index in [2.05, 4.69) is 14.7 Å². The maximum Gasteiger partial charge on any atom is 0.234 e. The van der Waals surface area contributed by atoms with E-state index in [9.17, 15) is 8.42 Å². The molecule has 0 radical (unpaired) electrons. The van der Waals surface area contributed by atoms with Crippen LogP contribution in [0.5, 0.6) is 0 Å². The number of sulfonamides is 1. The Morgan fingerprint density at radius 1 is 0.960 bits per heavy atom. The highest BCUT2D eigenvalue weighted by atomic mass is 32.2. The van der Waals surface area contributed by atoms with Crippen LogP contribution in [0, 0.1) is 0 Å². The van der Waals surface area contributed by atoms with Crippen LogP contribution < -0.4 is 4.72 Å². The smallest absolute Gasteiger partial charge is 0.234 e. The van der Waals surface area contributed by atoms with Gasteiger partial charge in [-0.1, -0.05) is 30.3 Å². The molecule has 0 unspecified atom stereocenters. The van der Waals surface area contributed by atoms with E-state index in [0.29, 0.717) is 0 Å². The molecule has 3 rings (SSSR count). The fraction of sp³-hybridized carbons (Fsp3) is 0.0526. The number of pyridine rings is 2. The van der Waals surface area contributed by atoms with E-state index in [4.69, 9.17) is 0 Å². The van der Waals surface area contributed by atoms with Gasteiger partial charge in [-0.05, 0) is 41.5 Å². The van der Waals surface area contributed by atoms with Crippen molar-refractivity contribution in [1.82, 2.24) is 14.7 Å². The van der Waals surface area contributed by atoms with Crippen molar-refractivity contribution in [3.05, 3.63) is 89.7 Å². The van der Waals surface area contributed by atoms with Crippen LogP contribution in [-0.4, -0.2) is 18.4 Å². The van der Waals surface area contributed by atoms with E-state index < -0.39 is 10.0 Å². The third-order valence-corrected chi connectivity index (χ3v) is 4.56. The van der Waals surface area contributed by atoms with Crippen molar-refractivity contribution in [3.8, 4) is 11.3 Å². The molecule has 0 saturated heterocycles. The molecule has 25 heavy (non-hydrogen) atoms. The zero-order valence-corrected chi connectivity index (χ0v) is 14.2. The summed E-state index contributed by atoms with van der Waals surface area (Å²) >= 11 is 0. The predicted octanol–water partition coefficient (Wildman–Crippen LogP) is 3.23. The summed E-state index contributed by atoms with van der Waals surface area (Å²) in [6.07, 6.45) is 6.62. The number of hydrogen-bond acceptors (Lipinski definition) is 4. The average molecular weight is 351 g/mol. The molecule has 0 aliphatic rings. The van der Waals surface area contributed by atoms with Gasteiger partial charge in [0, 0.05) is 36.1 Å². The minimum atomic E-state index is -3.52. The van der Waals surface area contributed by atoms with E-state index in [1.165, 1.54) is 5.41 Å². The Morgan fingerprint density at radius 2 is 1.72 bits per heavy atom. The summed E-state index contributed by atoms with van der Waals surface area (Å²) in [4.78, 5) is 8.29. The zero-order valence-electron chi connectivity index (χ0n) is 13.4. The van der Waals surface area contributed by atoms with Crippen molar-refractivity contribution < 1.29 is 8.42 Å². The first-order valence-electron chi connectivity index (χ1n) is 7.70. The fourth-order valence-electron chi connectivity index (χ4n) is 2.23. The highest BCUT2D eigenvalue weighted by molar-refractivity contribution is 7.92. The lowest BCUT2D eigenvalue weighted by Crippen LogP contribution is -2.20. The van der Waals surface area contributed by atoms with Gasteiger partial charge in [0.05, 0.1) is 5.69 Å². The Kier molecular flexibility index (Phi) is 5.33. The van der Waals surface area contributed by atoms with Gasteiger partial charge in [0.25, 0.3) is 0 Å². The molecular weight excluding hydrogens is 334 g/mol. The molecule has 0 saturated carbocycles. The molecule has 0 bridgehead atoms. The standard InChI is InChI=1S/C19H17N3O2S/c23-25(24,13-9-16-4-2-1-3-5-16)22-15-17-6-12-21-19(14-17)18-7-10-20-11-8-18/h1-14,22H,15H2. The number of rotatable bonds is 6. The Labute approximate surface area is 147 Å². The number of nitrogens with zero attached hydrogens (tertiary/aromatic N) is 2. The minimum absolute atomic E-state index is 0.196. The molecule has 1 N–H and O–H groups in total. The summed E-state index contributed by atoms with van der Waals surface area (Å²) in [7, 11) is -3.52. The van der Waals surface area contributed by atoms with E-state index in [0.717, 1.165) is 22.4 Å². The van der Waals surface area contributed by atoms with Crippen LogP contribution in [0.3, 0.4) is 0 Å². The lowest BCUT2D eigenvalue weighted by molar-refractivity contribution is 0.591. The third kappa shape index (κ3) is 5.07. The predicted molar refractivity (Wildman–Crippen MR) is 98.7 cm³/mol. The molecular formula is C19H17N3O2S. The molecule has 3 aromatic rings. The first-order valence-corrected chi connectivity index (χ1v) is 9.25. The third-order valence-electron chi connectivity index (χ3n) is 3.52. The number of hydrogen-bond donors (Lipinski definition) is 1. The van der Waals surface area contributed by atoms with Crippen LogP contribution in [-0.2, 0) is 16.6 Å². The van der Waals surface area contributed by atoms with E-state index in [-0.39, 0.29) is 6.54 Å². The largest absolute Gasteiger partial charge is 0.265 e. The molecule has 0 fully saturated rings. The summed E-state index contributed by atoms with van der Waals surface area (Å²) in [5.41, 5.74) is 3.37. The van der Waals surface area contributed by atoms with Crippen molar-refractivity contribution in [2.75, 3.05) is 0 Å². The van der Waals surface area contributed by atoms with Gasteiger partial charge in [-0.25, -0.2) is 13.1 Å². The van der Waals surface area contributed by atoms with Crippen molar-refractivity contribution in [3.63, 3.8) is 0 Å². The van der Waals surface area contributed by atoms with E-state index in [1.807, 2.05) is 48.5 Å². The molecule has 5 nitrogen and oxygen atoms in total. The minimum Gasteiger partial charge on any atom is -0.265 e. The topological polar surface area (TPSA) is 72.0 Å². The van der Waals surface area contributed by atoms with Crippen LogP contribution in [0.25, 0.3) is 17.3 Å². The van der Waals surface area contributed by atoms with Crippen molar-refractivity contribution >= 4 is 16.1 Å². The maximum absolute atomic E-state index is 12.1. The summed E-state index contributed by atoms with van der Waals surface area (Å²) in [5, 5.41) is 1.17. The van der Waals surface area contributed by atoms with Gasteiger partial charge in [-0.3, -0.25) is 9.97 Å². The molecule has 2 aromatic heterocycles. The second-order valence-corrected chi connectivity index (χ2v) is 7.02. The second-order valence-electron chi connectivity index (χ2n) is 5.36. The van der Waals surface area contributed by atoms with Crippen LogP contribution >= 0.6 is 0 Å². The number of benzene rings is 1. The lowest BCUT2D eigenvalue weighted by atomic mass is 10.1. The van der Waals surface area contributed by atoms with Crippen LogP contribution in [0.1, 0.15) is 11.1 Å². The fourth-order valence-corrected chi connectivity index (χ4v) is 3.03. The van der Waals surface area contributed by atoms with Crippen molar-refractivity contribution in [2.45, 2.75) is 6.54 Å². The van der Waals surface area contributed by atoms with E-state index >= 15 is 0 Å². The normalized spacial score (nSPS) is 11.7. The first-order chi connectivity index (χ1) is 12.1.